The zero-order valence-electron chi connectivity index (χ0n) is 17.0. The molecule has 158 valence electrons. The van der Waals surface area contributed by atoms with Crippen molar-refractivity contribution in [2.24, 2.45) is 0 Å². The molecule has 0 radical (unpaired) electrons. The lowest BCUT2D eigenvalue weighted by Crippen LogP contribution is -2.38. The molecule has 2 N–H and O–H groups in total. The maximum atomic E-state index is 12.9. The van der Waals surface area contributed by atoms with Gasteiger partial charge in [0.2, 0.25) is 0 Å². The molecular formula is C23H25ClN2O4. The topological polar surface area (TPSA) is 81.1 Å². The fourth-order valence-corrected chi connectivity index (χ4v) is 3.84. The Morgan fingerprint density at radius 2 is 1.70 bits per heavy atom. The van der Waals surface area contributed by atoms with Crippen LogP contribution >= 0.6 is 11.6 Å². The summed E-state index contributed by atoms with van der Waals surface area (Å²) < 4.78 is 0. The second-order valence-electron chi connectivity index (χ2n) is 7.09. The predicted octanol–water partition coefficient (Wildman–Crippen LogP) is 3.81. The fraction of sp³-hybridized carbons (Fsp3) is 0.304. The Morgan fingerprint density at radius 1 is 1.07 bits per heavy atom. The first-order valence-corrected chi connectivity index (χ1v) is 10.3. The fourth-order valence-electron chi connectivity index (χ4n) is 3.71. The molecule has 1 saturated heterocycles. The molecule has 1 heterocycles. The number of rotatable bonds is 7. The van der Waals surface area contributed by atoms with Crippen LogP contribution < -0.4 is 0 Å². The highest BCUT2D eigenvalue weighted by molar-refractivity contribution is 6.46. The molecule has 0 unspecified atom stereocenters. The van der Waals surface area contributed by atoms with E-state index in [0.29, 0.717) is 23.7 Å². The number of hydrogen-bond donors (Lipinski definition) is 2. The molecule has 30 heavy (non-hydrogen) atoms. The van der Waals surface area contributed by atoms with E-state index >= 15 is 0 Å². The lowest BCUT2D eigenvalue weighted by molar-refractivity contribution is -0.140. The zero-order chi connectivity index (χ0) is 21.8. The van der Waals surface area contributed by atoms with Crippen LogP contribution in [0.4, 0.5) is 0 Å². The summed E-state index contributed by atoms with van der Waals surface area (Å²) in [5.41, 5.74) is 0.733. The van der Waals surface area contributed by atoms with Gasteiger partial charge in [0.1, 0.15) is 11.5 Å². The van der Waals surface area contributed by atoms with E-state index in [1.165, 1.54) is 17.0 Å². The Balaban J connectivity index is 2.11. The van der Waals surface area contributed by atoms with Gasteiger partial charge in [-0.3, -0.25) is 9.59 Å². The van der Waals surface area contributed by atoms with Crippen molar-refractivity contribution < 1.29 is 19.8 Å². The normalized spacial score (nSPS) is 18.4. The van der Waals surface area contributed by atoms with E-state index < -0.39 is 23.5 Å². The Morgan fingerprint density at radius 3 is 2.30 bits per heavy atom. The summed E-state index contributed by atoms with van der Waals surface area (Å²) in [5.74, 6) is -2.00. The summed E-state index contributed by atoms with van der Waals surface area (Å²) in [4.78, 5) is 29.5. The lowest BCUT2D eigenvalue weighted by Gasteiger charge is -2.28. The number of ketones is 1. The SMILES string of the molecule is CCN(CC)CCN1C(=O)C(=O)C(=C(O)c2ccccc2O)[C@H]1c1ccc(Cl)cc1. The molecular weight excluding hydrogens is 404 g/mol. The molecule has 1 aliphatic rings. The largest absolute Gasteiger partial charge is 0.507 e. The number of likely N-dealkylation sites (tertiary alicyclic amines) is 1. The van der Waals surface area contributed by atoms with Gasteiger partial charge in [0.05, 0.1) is 17.2 Å². The standard InChI is InChI=1S/C23H25ClN2O4/c1-3-25(4-2)13-14-26-20(15-9-11-16(24)12-10-15)19(22(29)23(26)30)21(28)17-7-5-6-8-18(17)27/h5-12,20,27-28H,3-4,13-14H2,1-2H3/t20-/m1/s1. The molecule has 2 aromatic carbocycles. The third kappa shape index (κ3) is 4.20. The van der Waals surface area contributed by atoms with Gasteiger partial charge >= 0.3 is 0 Å². The number of halogens is 1. The van der Waals surface area contributed by atoms with Crippen LogP contribution in [0.2, 0.25) is 5.02 Å². The maximum Gasteiger partial charge on any atom is 0.295 e. The molecule has 1 aliphatic heterocycles. The van der Waals surface area contributed by atoms with Gasteiger partial charge in [0, 0.05) is 18.1 Å². The second-order valence-corrected chi connectivity index (χ2v) is 7.52. The highest BCUT2D eigenvalue weighted by Crippen LogP contribution is 2.40. The van der Waals surface area contributed by atoms with Gasteiger partial charge in [-0.05, 0) is 42.9 Å². The van der Waals surface area contributed by atoms with E-state index in [-0.39, 0.29) is 16.9 Å². The Hall–Kier alpha value is -2.83. The molecule has 1 fully saturated rings. The molecule has 7 heteroatoms. The number of aliphatic hydroxyl groups excluding tert-OH is 1. The van der Waals surface area contributed by atoms with Crippen molar-refractivity contribution in [2.75, 3.05) is 26.2 Å². The summed E-state index contributed by atoms with van der Waals surface area (Å²) in [6.07, 6.45) is 0. The monoisotopic (exact) mass is 428 g/mol. The summed E-state index contributed by atoms with van der Waals surface area (Å²) in [5, 5.41) is 21.6. The predicted molar refractivity (Wildman–Crippen MR) is 116 cm³/mol. The summed E-state index contributed by atoms with van der Waals surface area (Å²) in [6, 6.07) is 12.3. The minimum Gasteiger partial charge on any atom is -0.507 e. The lowest BCUT2D eigenvalue weighted by atomic mass is 9.95. The molecule has 1 atom stereocenters. The maximum absolute atomic E-state index is 12.9. The number of carbonyl (C=O) groups is 2. The van der Waals surface area contributed by atoms with Gasteiger partial charge in [0.15, 0.2) is 0 Å². The van der Waals surface area contributed by atoms with Gasteiger partial charge in [-0.25, -0.2) is 0 Å². The number of phenols is 1. The number of Topliss-reactive ketones (excluding diaryl/α,β-unsaturated/α-hetero) is 1. The highest BCUT2D eigenvalue weighted by atomic mass is 35.5. The van der Waals surface area contributed by atoms with Crippen molar-refractivity contribution in [3.8, 4) is 5.75 Å². The van der Waals surface area contributed by atoms with Crippen LogP contribution in [-0.2, 0) is 9.59 Å². The van der Waals surface area contributed by atoms with E-state index in [9.17, 15) is 19.8 Å². The Bertz CT molecular complexity index is 967. The molecule has 0 bridgehead atoms. The number of phenolic OH excluding ortho intramolecular Hbond substituents is 1. The molecule has 0 spiro atoms. The van der Waals surface area contributed by atoms with E-state index in [0.717, 1.165) is 13.1 Å². The van der Waals surface area contributed by atoms with E-state index in [2.05, 4.69) is 4.90 Å². The molecule has 6 nitrogen and oxygen atoms in total. The highest BCUT2D eigenvalue weighted by Gasteiger charge is 2.46. The van der Waals surface area contributed by atoms with Gasteiger partial charge in [-0.15, -0.1) is 0 Å². The van der Waals surface area contributed by atoms with Crippen LogP contribution in [0.15, 0.2) is 54.1 Å². The van der Waals surface area contributed by atoms with Crippen molar-refractivity contribution in [3.63, 3.8) is 0 Å². The van der Waals surface area contributed by atoms with Crippen molar-refractivity contribution in [3.05, 3.63) is 70.3 Å². The summed E-state index contributed by atoms with van der Waals surface area (Å²) in [7, 11) is 0. The number of aliphatic hydroxyl groups is 1. The van der Waals surface area contributed by atoms with E-state index in [4.69, 9.17) is 11.6 Å². The van der Waals surface area contributed by atoms with Crippen LogP contribution in [0, 0.1) is 0 Å². The number of amides is 1. The third-order valence-electron chi connectivity index (χ3n) is 5.44. The first-order valence-electron chi connectivity index (χ1n) is 9.93. The van der Waals surface area contributed by atoms with Crippen molar-refractivity contribution >= 4 is 29.1 Å². The molecule has 2 aromatic rings. The smallest absolute Gasteiger partial charge is 0.295 e. The zero-order valence-corrected chi connectivity index (χ0v) is 17.8. The van der Waals surface area contributed by atoms with Crippen LogP contribution in [-0.4, -0.2) is 57.9 Å². The van der Waals surface area contributed by atoms with Crippen LogP contribution in [0.25, 0.3) is 5.76 Å². The number of hydrogen-bond acceptors (Lipinski definition) is 5. The van der Waals surface area contributed by atoms with Crippen LogP contribution in [0.3, 0.4) is 0 Å². The van der Waals surface area contributed by atoms with Crippen molar-refractivity contribution in [1.82, 2.24) is 9.80 Å². The van der Waals surface area contributed by atoms with E-state index in [1.54, 1.807) is 36.4 Å². The molecule has 0 aliphatic carbocycles. The van der Waals surface area contributed by atoms with Gasteiger partial charge in [-0.1, -0.05) is 49.7 Å². The van der Waals surface area contributed by atoms with E-state index in [1.807, 2.05) is 13.8 Å². The quantitative estimate of drug-likeness (QED) is 0.398. The van der Waals surface area contributed by atoms with Crippen LogP contribution in [0.1, 0.15) is 31.0 Å². The third-order valence-corrected chi connectivity index (χ3v) is 5.69. The van der Waals surface area contributed by atoms with Gasteiger partial charge in [0.25, 0.3) is 11.7 Å². The summed E-state index contributed by atoms with van der Waals surface area (Å²) in [6.45, 7) is 6.64. The number of nitrogens with zero attached hydrogens (tertiary/aromatic N) is 2. The number of para-hydroxylation sites is 1. The summed E-state index contributed by atoms with van der Waals surface area (Å²) >= 11 is 6.02. The van der Waals surface area contributed by atoms with Crippen LogP contribution in [0.5, 0.6) is 5.75 Å². The molecule has 3 rings (SSSR count). The molecule has 0 aromatic heterocycles. The minimum absolute atomic E-state index is 0.0385. The first-order chi connectivity index (χ1) is 14.4. The Labute approximate surface area is 181 Å². The first kappa shape index (κ1) is 21.9. The molecule has 0 saturated carbocycles. The average molecular weight is 429 g/mol. The second kappa shape index (κ2) is 9.32. The number of benzene rings is 2. The average Bonchev–Trinajstić information content (AvgIpc) is 3.00. The number of carbonyl (C=O) groups excluding carboxylic acids is 2. The van der Waals surface area contributed by atoms with Crippen molar-refractivity contribution in [1.29, 1.82) is 0 Å². The van der Waals surface area contributed by atoms with Gasteiger partial charge < -0.3 is 20.0 Å². The molecule has 1 amide bonds. The minimum atomic E-state index is -0.768. The van der Waals surface area contributed by atoms with Gasteiger partial charge in [-0.2, -0.15) is 0 Å². The Kier molecular flexibility index (Phi) is 6.80. The number of aromatic hydroxyl groups is 1. The van der Waals surface area contributed by atoms with Crippen molar-refractivity contribution in [2.45, 2.75) is 19.9 Å². The number of likely N-dealkylation sites (N-methyl/N-ethyl adjacent to an activating group) is 1.